The van der Waals surface area contributed by atoms with Crippen molar-refractivity contribution in [3.63, 3.8) is 0 Å². The van der Waals surface area contributed by atoms with E-state index < -0.39 is 58.6 Å². The number of carboxylic acid groups (broad SMARTS) is 2. The molecule has 0 aromatic carbocycles. The zero-order valence-electron chi connectivity index (χ0n) is 14.7. The molecule has 2 atom stereocenters. The lowest BCUT2D eigenvalue weighted by Crippen LogP contribution is -2.47. The fraction of sp³-hybridized carbons (Fsp3) is 0.467. The van der Waals surface area contributed by atoms with Crippen molar-refractivity contribution < 1.29 is 39.0 Å². The molecule has 0 aliphatic rings. The Morgan fingerprint density at radius 1 is 1.30 bits per heavy atom. The second kappa shape index (κ2) is 8.78. The lowest BCUT2D eigenvalue weighted by Gasteiger charge is -2.23. The summed E-state index contributed by atoms with van der Waals surface area (Å²) in [5, 5.41) is 31.5. The number of hydrogen-bond donors (Lipinski definition) is 3. The number of nitro groups is 1. The van der Waals surface area contributed by atoms with Gasteiger partial charge in [0, 0.05) is 18.7 Å². The van der Waals surface area contributed by atoms with Gasteiger partial charge in [-0.3, -0.25) is 15.1 Å². The quantitative estimate of drug-likeness (QED) is 0.434. The summed E-state index contributed by atoms with van der Waals surface area (Å²) in [4.78, 5) is 48.2. The van der Waals surface area contributed by atoms with Crippen molar-refractivity contribution in [3.8, 4) is 5.75 Å². The molecule has 148 valence electrons. The van der Waals surface area contributed by atoms with E-state index in [1.807, 2.05) is 5.32 Å². The SMILES string of the molecule is CC(C)(C)OC(=O)NC(CC(Oc1ccncc1[N+](=O)[O-])C(=O)O)C(=O)O. The first-order valence-electron chi connectivity index (χ1n) is 7.61. The highest BCUT2D eigenvalue weighted by Crippen LogP contribution is 2.26. The third-order valence-electron chi connectivity index (χ3n) is 2.94. The van der Waals surface area contributed by atoms with E-state index >= 15 is 0 Å². The third-order valence-corrected chi connectivity index (χ3v) is 2.94. The van der Waals surface area contributed by atoms with E-state index in [4.69, 9.17) is 9.47 Å². The van der Waals surface area contributed by atoms with E-state index in [-0.39, 0.29) is 0 Å². The number of carbonyl (C=O) groups is 3. The number of amides is 1. The number of carboxylic acids is 2. The van der Waals surface area contributed by atoms with Crippen molar-refractivity contribution >= 4 is 23.7 Å². The molecule has 2 unspecified atom stereocenters. The molecule has 0 aliphatic heterocycles. The Hall–Kier alpha value is -3.44. The predicted octanol–water partition coefficient (Wildman–Crippen LogP) is 1.19. The number of pyridine rings is 1. The number of aliphatic carboxylic acids is 2. The molecule has 1 rings (SSSR count). The largest absolute Gasteiger partial charge is 0.480 e. The van der Waals surface area contributed by atoms with Gasteiger partial charge in [-0.1, -0.05) is 0 Å². The van der Waals surface area contributed by atoms with Crippen molar-refractivity contribution in [1.29, 1.82) is 0 Å². The molecular formula is C15H19N3O9. The first-order valence-corrected chi connectivity index (χ1v) is 7.61. The highest BCUT2D eigenvalue weighted by atomic mass is 16.6. The highest BCUT2D eigenvalue weighted by molar-refractivity contribution is 5.81. The van der Waals surface area contributed by atoms with Crippen molar-refractivity contribution in [2.24, 2.45) is 0 Å². The van der Waals surface area contributed by atoms with Crippen LogP contribution in [-0.4, -0.2) is 55.9 Å². The third kappa shape index (κ3) is 7.13. The number of nitrogens with one attached hydrogen (secondary N) is 1. The number of rotatable bonds is 8. The molecule has 0 fully saturated rings. The number of nitrogens with zero attached hydrogens (tertiary/aromatic N) is 2. The highest BCUT2D eigenvalue weighted by Gasteiger charge is 2.32. The summed E-state index contributed by atoms with van der Waals surface area (Å²) in [6.45, 7) is 4.69. The summed E-state index contributed by atoms with van der Waals surface area (Å²) in [6.07, 6.45) is -1.55. The van der Waals surface area contributed by atoms with Crippen molar-refractivity contribution in [2.75, 3.05) is 0 Å². The molecule has 12 nitrogen and oxygen atoms in total. The van der Waals surface area contributed by atoms with E-state index in [1.54, 1.807) is 20.8 Å². The molecule has 1 aromatic rings. The zero-order valence-corrected chi connectivity index (χ0v) is 14.7. The summed E-state index contributed by atoms with van der Waals surface area (Å²) in [5.74, 6) is -3.50. The smallest absolute Gasteiger partial charge is 0.408 e. The van der Waals surface area contributed by atoms with Crippen LogP contribution in [0.15, 0.2) is 18.5 Å². The normalized spacial score (nSPS) is 13.1. The van der Waals surface area contributed by atoms with E-state index in [0.29, 0.717) is 0 Å². The number of ether oxygens (including phenoxy) is 2. The van der Waals surface area contributed by atoms with Crippen LogP contribution in [0.4, 0.5) is 10.5 Å². The minimum atomic E-state index is -1.79. The van der Waals surface area contributed by atoms with Gasteiger partial charge in [-0.15, -0.1) is 0 Å². The average molecular weight is 385 g/mol. The molecular weight excluding hydrogens is 366 g/mol. The maximum absolute atomic E-state index is 11.7. The molecule has 0 saturated carbocycles. The van der Waals surface area contributed by atoms with Gasteiger partial charge in [0.25, 0.3) is 0 Å². The second-order valence-electron chi connectivity index (χ2n) is 6.32. The van der Waals surface area contributed by atoms with Crippen LogP contribution in [0.1, 0.15) is 27.2 Å². The first kappa shape index (κ1) is 21.6. The van der Waals surface area contributed by atoms with E-state index in [2.05, 4.69) is 4.98 Å². The predicted molar refractivity (Wildman–Crippen MR) is 88.4 cm³/mol. The molecule has 1 amide bonds. The zero-order chi connectivity index (χ0) is 20.8. The Balaban J connectivity index is 2.96. The molecule has 12 heteroatoms. The minimum Gasteiger partial charge on any atom is -0.480 e. The lowest BCUT2D eigenvalue weighted by atomic mass is 10.1. The van der Waals surface area contributed by atoms with Crippen LogP contribution >= 0.6 is 0 Å². The summed E-state index contributed by atoms with van der Waals surface area (Å²) in [5.41, 5.74) is -1.48. The molecule has 0 saturated heterocycles. The van der Waals surface area contributed by atoms with Gasteiger partial charge in [-0.25, -0.2) is 14.4 Å². The van der Waals surface area contributed by atoms with Crippen LogP contribution in [0.2, 0.25) is 0 Å². The number of alkyl carbamates (subject to hydrolysis) is 1. The number of carbonyl (C=O) groups excluding carboxylic acids is 1. The topological polar surface area (TPSA) is 178 Å². The van der Waals surface area contributed by atoms with Crippen LogP contribution in [0.25, 0.3) is 0 Å². The fourth-order valence-electron chi connectivity index (χ4n) is 1.85. The standard InChI is InChI=1S/C15H19N3O9/c1-15(2,3)27-14(23)17-8(12(19)20)6-11(13(21)22)26-10-4-5-16-7-9(10)18(24)25/h4-5,7-8,11H,6H2,1-3H3,(H,17,23)(H,19,20)(H,21,22). The van der Waals surface area contributed by atoms with Crippen molar-refractivity contribution in [1.82, 2.24) is 10.3 Å². The molecule has 0 bridgehead atoms. The van der Waals surface area contributed by atoms with Gasteiger partial charge in [0.05, 0.1) is 4.92 Å². The lowest BCUT2D eigenvalue weighted by molar-refractivity contribution is -0.386. The number of aromatic nitrogens is 1. The van der Waals surface area contributed by atoms with E-state index in [1.165, 1.54) is 0 Å². The van der Waals surface area contributed by atoms with Crippen molar-refractivity contribution in [2.45, 2.75) is 44.9 Å². The summed E-state index contributed by atoms with van der Waals surface area (Å²) in [6, 6.07) is -0.590. The van der Waals surface area contributed by atoms with Gasteiger partial charge in [-0.05, 0) is 20.8 Å². The van der Waals surface area contributed by atoms with Crippen molar-refractivity contribution in [3.05, 3.63) is 28.6 Å². The van der Waals surface area contributed by atoms with Crippen LogP contribution < -0.4 is 10.1 Å². The Morgan fingerprint density at radius 2 is 1.93 bits per heavy atom. The molecule has 1 heterocycles. The van der Waals surface area contributed by atoms with Gasteiger partial charge in [0.1, 0.15) is 17.8 Å². The second-order valence-corrected chi connectivity index (χ2v) is 6.32. The van der Waals surface area contributed by atoms with Crippen LogP contribution in [0.3, 0.4) is 0 Å². The molecule has 3 N–H and O–H groups in total. The Morgan fingerprint density at radius 3 is 2.41 bits per heavy atom. The summed E-state index contributed by atoms with van der Waals surface area (Å²) >= 11 is 0. The molecule has 0 radical (unpaired) electrons. The van der Waals surface area contributed by atoms with Gasteiger partial charge in [0.15, 0.2) is 6.10 Å². The Bertz CT molecular complexity index is 729. The maximum atomic E-state index is 11.7. The van der Waals surface area contributed by atoms with Gasteiger partial charge >= 0.3 is 23.7 Å². The van der Waals surface area contributed by atoms with Crippen LogP contribution in [0.5, 0.6) is 5.75 Å². The Labute approximate surface area is 153 Å². The summed E-state index contributed by atoms with van der Waals surface area (Å²) < 4.78 is 10.0. The minimum absolute atomic E-state index is 0.399. The van der Waals surface area contributed by atoms with Gasteiger partial charge in [0.2, 0.25) is 5.75 Å². The summed E-state index contributed by atoms with van der Waals surface area (Å²) in [7, 11) is 0. The van der Waals surface area contributed by atoms with Crippen LogP contribution in [-0.2, 0) is 14.3 Å². The first-order chi connectivity index (χ1) is 12.4. The van der Waals surface area contributed by atoms with Gasteiger partial charge < -0.3 is 25.0 Å². The molecule has 0 spiro atoms. The van der Waals surface area contributed by atoms with Crippen LogP contribution in [0, 0.1) is 10.1 Å². The number of hydrogen-bond acceptors (Lipinski definition) is 8. The van der Waals surface area contributed by atoms with E-state index in [9.17, 15) is 34.7 Å². The van der Waals surface area contributed by atoms with Gasteiger partial charge in [-0.2, -0.15) is 0 Å². The monoisotopic (exact) mass is 385 g/mol. The molecule has 1 aromatic heterocycles. The molecule has 27 heavy (non-hydrogen) atoms. The molecule has 0 aliphatic carbocycles. The fourth-order valence-corrected chi connectivity index (χ4v) is 1.85. The Kier molecular flexibility index (Phi) is 7.02. The maximum Gasteiger partial charge on any atom is 0.408 e. The van der Waals surface area contributed by atoms with E-state index in [0.717, 1.165) is 18.5 Å². The average Bonchev–Trinajstić information content (AvgIpc) is 2.51.